The number of aliphatic hydroxyl groups excluding tert-OH is 1. The highest BCUT2D eigenvalue weighted by Gasteiger charge is 2.31. The maximum Gasteiger partial charge on any atom is 0.327 e. The van der Waals surface area contributed by atoms with Crippen LogP contribution in [0.1, 0.15) is 54.2 Å². The summed E-state index contributed by atoms with van der Waals surface area (Å²) in [6.45, 7) is 4.75. The number of benzene rings is 4. The van der Waals surface area contributed by atoms with Gasteiger partial charge in [-0.25, -0.2) is 4.39 Å². The summed E-state index contributed by atoms with van der Waals surface area (Å²) in [4.78, 5) is 32.4. The molecule has 5 rings (SSSR count). The Balaban J connectivity index is 1.50. The van der Waals surface area contributed by atoms with Crippen LogP contribution >= 0.6 is 0 Å². The SMILES string of the molecule is CC(C)c1c(C(=O)Nc2ccccc2)c(-c2ccccc2)c(-c2ccc(F)cc2)n1CCC(O)CC(=O)ON(C)Cc1ccccc1. The molecular formula is C39H40FN3O4. The van der Waals surface area contributed by atoms with Crippen molar-refractivity contribution < 1.29 is 23.9 Å². The number of aromatic nitrogens is 1. The Morgan fingerprint density at radius 2 is 1.45 bits per heavy atom. The number of hydrogen-bond donors (Lipinski definition) is 2. The number of para-hydroxylation sites is 1. The summed E-state index contributed by atoms with van der Waals surface area (Å²) in [6, 6.07) is 34.8. The second-order valence-electron chi connectivity index (χ2n) is 11.9. The molecule has 0 saturated heterocycles. The third-order valence-corrected chi connectivity index (χ3v) is 7.88. The van der Waals surface area contributed by atoms with E-state index in [2.05, 4.69) is 5.32 Å². The van der Waals surface area contributed by atoms with Crippen molar-refractivity contribution in [2.45, 2.75) is 51.8 Å². The van der Waals surface area contributed by atoms with E-state index >= 15 is 0 Å². The number of aliphatic hydroxyl groups is 1. The highest BCUT2D eigenvalue weighted by Crippen LogP contribution is 2.42. The number of amides is 1. The molecule has 1 amide bonds. The Bertz CT molecular complexity index is 1770. The molecule has 0 fully saturated rings. The Hall–Kier alpha value is -5.05. The lowest BCUT2D eigenvalue weighted by Gasteiger charge is -2.20. The van der Waals surface area contributed by atoms with Crippen LogP contribution in [0.15, 0.2) is 115 Å². The number of nitrogens with one attached hydrogen (secondary N) is 1. The number of rotatable bonds is 13. The van der Waals surface area contributed by atoms with Gasteiger partial charge in [-0.15, -0.1) is 5.06 Å². The largest absolute Gasteiger partial charge is 0.392 e. The Labute approximate surface area is 275 Å². The third kappa shape index (κ3) is 8.41. The second kappa shape index (κ2) is 15.5. The molecule has 8 heteroatoms. The topological polar surface area (TPSA) is 83.8 Å². The minimum Gasteiger partial charge on any atom is -0.392 e. The van der Waals surface area contributed by atoms with Crippen LogP contribution in [0.4, 0.5) is 10.1 Å². The van der Waals surface area contributed by atoms with Crippen LogP contribution < -0.4 is 5.32 Å². The van der Waals surface area contributed by atoms with Crippen LogP contribution in [-0.4, -0.2) is 39.8 Å². The second-order valence-corrected chi connectivity index (χ2v) is 11.9. The zero-order valence-corrected chi connectivity index (χ0v) is 26.9. The molecule has 0 spiro atoms. The van der Waals surface area contributed by atoms with Gasteiger partial charge in [0.25, 0.3) is 5.91 Å². The average molecular weight is 634 g/mol. The lowest BCUT2D eigenvalue weighted by atomic mass is 9.94. The molecule has 7 nitrogen and oxygen atoms in total. The first-order valence-corrected chi connectivity index (χ1v) is 15.8. The van der Waals surface area contributed by atoms with Crippen molar-refractivity contribution in [2.24, 2.45) is 0 Å². The molecule has 1 aromatic heterocycles. The van der Waals surface area contributed by atoms with Crippen molar-refractivity contribution in [1.82, 2.24) is 9.63 Å². The molecule has 1 atom stereocenters. The maximum absolute atomic E-state index is 14.2. The molecule has 1 heterocycles. The summed E-state index contributed by atoms with van der Waals surface area (Å²) >= 11 is 0. The van der Waals surface area contributed by atoms with Crippen molar-refractivity contribution in [2.75, 3.05) is 12.4 Å². The first kappa shape index (κ1) is 33.3. The number of carbonyl (C=O) groups is 2. The Morgan fingerprint density at radius 1 is 0.851 bits per heavy atom. The average Bonchev–Trinajstić information content (AvgIpc) is 3.41. The molecule has 0 aliphatic rings. The summed E-state index contributed by atoms with van der Waals surface area (Å²) in [5.74, 6) is -1.28. The van der Waals surface area contributed by atoms with Gasteiger partial charge >= 0.3 is 5.97 Å². The molecule has 1 unspecified atom stereocenters. The molecule has 47 heavy (non-hydrogen) atoms. The number of halogens is 1. The van der Waals surface area contributed by atoms with Crippen molar-refractivity contribution in [3.63, 3.8) is 0 Å². The van der Waals surface area contributed by atoms with Gasteiger partial charge in [-0.2, -0.15) is 0 Å². The van der Waals surface area contributed by atoms with Gasteiger partial charge in [-0.1, -0.05) is 92.7 Å². The van der Waals surface area contributed by atoms with Crippen LogP contribution in [-0.2, 0) is 22.7 Å². The summed E-state index contributed by atoms with van der Waals surface area (Å²) in [5, 5.41) is 15.6. The van der Waals surface area contributed by atoms with Gasteiger partial charge in [-0.3, -0.25) is 9.59 Å². The molecule has 0 saturated carbocycles. The quantitative estimate of drug-likeness (QED) is 0.128. The predicted octanol–water partition coefficient (Wildman–Crippen LogP) is 8.07. The van der Waals surface area contributed by atoms with Crippen molar-refractivity contribution in [1.29, 1.82) is 0 Å². The molecule has 4 aromatic carbocycles. The van der Waals surface area contributed by atoms with Crippen LogP contribution in [0.2, 0.25) is 0 Å². The molecule has 0 bridgehead atoms. The van der Waals surface area contributed by atoms with E-state index in [0.29, 0.717) is 29.9 Å². The number of carbonyl (C=O) groups excluding carboxylic acids is 2. The summed E-state index contributed by atoms with van der Waals surface area (Å²) in [7, 11) is 1.67. The van der Waals surface area contributed by atoms with Crippen LogP contribution in [0.3, 0.4) is 0 Å². The normalized spacial score (nSPS) is 11.9. The summed E-state index contributed by atoms with van der Waals surface area (Å²) in [6.07, 6.45) is -0.984. The van der Waals surface area contributed by atoms with E-state index in [0.717, 1.165) is 28.1 Å². The Kier molecular flexibility index (Phi) is 11.0. The van der Waals surface area contributed by atoms with Crippen LogP contribution in [0, 0.1) is 5.82 Å². The van der Waals surface area contributed by atoms with Gasteiger partial charge in [0.1, 0.15) is 5.82 Å². The van der Waals surface area contributed by atoms with E-state index in [1.165, 1.54) is 17.2 Å². The lowest BCUT2D eigenvalue weighted by molar-refractivity contribution is -0.188. The molecule has 0 radical (unpaired) electrons. The third-order valence-electron chi connectivity index (χ3n) is 7.88. The summed E-state index contributed by atoms with van der Waals surface area (Å²) in [5.41, 5.74) is 5.93. The fourth-order valence-electron chi connectivity index (χ4n) is 5.86. The zero-order valence-electron chi connectivity index (χ0n) is 26.9. The predicted molar refractivity (Wildman–Crippen MR) is 183 cm³/mol. The van der Waals surface area contributed by atoms with Crippen molar-refractivity contribution in [3.8, 4) is 22.4 Å². The van der Waals surface area contributed by atoms with E-state index in [-0.39, 0.29) is 30.5 Å². The van der Waals surface area contributed by atoms with E-state index < -0.39 is 12.1 Å². The number of nitrogens with zero attached hydrogens (tertiary/aromatic N) is 2. The fourth-order valence-corrected chi connectivity index (χ4v) is 5.86. The first-order valence-electron chi connectivity index (χ1n) is 15.8. The number of anilines is 1. The summed E-state index contributed by atoms with van der Waals surface area (Å²) < 4.78 is 16.2. The van der Waals surface area contributed by atoms with Crippen molar-refractivity contribution in [3.05, 3.63) is 138 Å². The molecule has 5 aromatic rings. The van der Waals surface area contributed by atoms with E-state index in [4.69, 9.17) is 4.84 Å². The molecule has 0 aliphatic heterocycles. The van der Waals surface area contributed by atoms with E-state index in [9.17, 15) is 19.1 Å². The maximum atomic E-state index is 14.2. The highest BCUT2D eigenvalue weighted by molar-refractivity contribution is 6.12. The first-order chi connectivity index (χ1) is 22.7. The van der Waals surface area contributed by atoms with Gasteiger partial charge in [-0.05, 0) is 65.4 Å². The smallest absolute Gasteiger partial charge is 0.327 e. The molecular weight excluding hydrogens is 593 g/mol. The minimum atomic E-state index is -1.00. The van der Waals surface area contributed by atoms with Gasteiger partial charge in [0, 0.05) is 30.5 Å². The van der Waals surface area contributed by atoms with Gasteiger partial charge < -0.3 is 19.8 Å². The van der Waals surface area contributed by atoms with E-state index in [1.54, 1.807) is 19.2 Å². The van der Waals surface area contributed by atoms with E-state index in [1.807, 2.05) is 109 Å². The molecule has 0 aliphatic carbocycles. The monoisotopic (exact) mass is 633 g/mol. The van der Waals surface area contributed by atoms with Crippen molar-refractivity contribution >= 4 is 17.6 Å². The van der Waals surface area contributed by atoms with Gasteiger partial charge in [0.05, 0.1) is 30.3 Å². The standard InChI is InChI=1S/C39H40FN3O4/c1-27(2)37-36(39(46)41-32-17-11-6-12-18-32)35(29-15-9-5-10-16-29)38(30-19-21-31(40)22-20-30)43(37)24-23-33(44)25-34(45)47-42(3)26-28-13-7-4-8-14-28/h4-22,27,33,44H,23-26H2,1-3H3,(H,41,46). The fraction of sp³-hybridized carbons (Fsp3) is 0.231. The minimum absolute atomic E-state index is 0.100. The highest BCUT2D eigenvalue weighted by atomic mass is 19.1. The van der Waals surface area contributed by atoms with Crippen LogP contribution in [0.25, 0.3) is 22.4 Å². The number of hydrogen-bond acceptors (Lipinski definition) is 5. The van der Waals surface area contributed by atoms with Gasteiger partial charge in [0.2, 0.25) is 0 Å². The van der Waals surface area contributed by atoms with Gasteiger partial charge in [0.15, 0.2) is 0 Å². The Morgan fingerprint density at radius 3 is 2.06 bits per heavy atom. The molecule has 2 N–H and O–H groups in total. The number of hydroxylamine groups is 2. The lowest BCUT2D eigenvalue weighted by Crippen LogP contribution is -2.26. The van der Waals surface area contributed by atoms with Crippen LogP contribution in [0.5, 0.6) is 0 Å². The molecule has 242 valence electrons. The zero-order chi connectivity index (χ0) is 33.3.